The quantitative estimate of drug-likeness (QED) is 0.0626. The molecule has 48 heavy (non-hydrogen) atoms. The van der Waals surface area contributed by atoms with Gasteiger partial charge in [0.1, 0.15) is 19.0 Å². The molecule has 0 atom stereocenters. The van der Waals surface area contributed by atoms with Crippen LogP contribution in [0.5, 0.6) is 5.75 Å². The number of rotatable bonds is 18. The number of carbonyl (C=O) groups excluding carboxylic acids is 2. The van der Waals surface area contributed by atoms with Crippen molar-refractivity contribution in [3.63, 3.8) is 0 Å². The first-order chi connectivity index (χ1) is 22.8. The highest BCUT2D eigenvalue weighted by Gasteiger charge is 2.24. The van der Waals surface area contributed by atoms with E-state index in [-0.39, 0.29) is 49.0 Å². The van der Waals surface area contributed by atoms with Crippen molar-refractivity contribution in [2.45, 2.75) is 92.2 Å². The molecule has 0 aliphatic rings. The number of carbonyl (C=O) groups is 2. The minimum Gasteiger partial charge on any atom is -0.493 e. The second kappa shape index (κ2) is 18.1. The first-order valence-corrected chi connectivity index (χ1v) is 20.0. The van der Waals surface area contributed by atoms with Crippen LogP contribution in [0, 0.1) is 17.6 Å². The van der Waals surface area contributed by atoms with Gasteiger partial charge < -0.3 is 19.3 Å². The molecular formula is C39H50F2O6Si. The number of aliphatic hydroxyl groups excluding tert-OH is 1. The second-order valence-electron chi connectivity index (χ2n) is 13.2. The number of ether oxygens (including phenoxy) is 3. The van der Waals surface area contributed by atoms with Crippen molar-refractivity contribution in [1.29, 1.82) is 0 Å². The second-order valence-corrected chi connectivity index (χ2v) is 18.1. The monoisotopic (exact) mass is 680 g/mol. The lowest BCUT2D eigenvalue weighted by Gasteiger charge is -2.23. The average molecular weight is 681 g/mol. The van der Waals surface area contributed by atoms with Crippen LogP contribution in [0.4, 0.5) is 8.78 Å². The number of benzene rings is 3. The molecule has 0 saturated heterocycles. The van der Waals surface area contributed by atoms with Crippen molar-refractivity contribution >= 4 is 25.2 Å². The fourth-order valence-electron chi connectivity index (χ4n) is 5.32. The normalized spacial score (nSPS) is 11.5. The molecule has 0 aliphatic carbocycles. The van der Waals surface area contributed by atoms with E-state index in [2.05, 4.69) is 26.6 Å². The summed E-state index contributed by atoms with van der Waals surface area (Å²) in [5, 5.41) is 10.4. The summed E-state index contributed by atoms with van der Waals surface area (Å²) in [5.74, 6) is -3.11. The van der Waals surface area contributed by atoms with Gasteiger partial charge in [0.05, 0.1) is 20.6 Å². The van der Waals surface area contributed by atoms with Crippen molar-refractivity contribution in [3.8, 4) is 28.0 Å². The largest absolute Gasteiger partial charge is 0.493 e. The molecule has 3 aromatic rings. The Morgan fingerprint density at radius 1 is 0.854 bits per heavy atom. The Morgan fingerprint density at radius 3 is 1.98 bits per heavy atom. The molecule has 0 heterocycles. The van der Waals surface area contributed by atoms with E-state index >= 15 is 8.78 Å². The van der Waals surface area contributed by atoms with Gasteiger partial charge in [-0.1, -0.05) is 101 Å². The highest BCUT2D eigenvalue weighted by atomic mass is 28.3. The molecule has 9 heteroatoms. The third-order valence-electron chi connectivity index (χ3n) is 8.37. The van der Waals surface area contributed by atoms with E-state index in [0.717, 1.165) is 12.8 Å². The number of hydrogen-bond acceptors (Lipinski definition) is 6. The third kappa shape index (κ3) is 10.3. The molecule has 0 amide bonds. The van der Waals surface area contributed by atoms with Crippen molar-refractivity contribution in [1.82, 2.24) is 0 Å². The Bertz CT molecular complexity index is 1570. The van der Waals surface area contributed by atoms with Crippen LogP contribution in [0.15, 0.2) is 60.7 Å². The van der Waals surface area contributed by atoms with Gasteiger partial charge in [0.25, 0.3) is 0 Å². The molecular weight excluding hydrogens is 631 g/mol. The van der Waals surface area contributed by atoms with E-state index in [9.17, 15) is 9.59 Å². The highest BCUT2D eigenvalue weighted by molar-refractivity contribution is 6.89. The van der Waals surface area contributed by atoms with Gasteiger partial charge in [-0.25, -0.2) is 13.6 Å². The number of aliphatic hydroxyl groups is 1. The van der Waals surface area contributed by atoms with Gasteiger partial charge in [0.2, 0.25) is 0 Å². The Kier molecular flexibility index (Phi) is 14.5. The highest BCUT2D eigenvalue weighted by Crippen LogP contribution is 2.37. The van der Waals surface area contributed by atoms with Crippen LogP contribution < -0.4 is 9.92 Å². The van der Waals surface area contributed by atoms with Gasteiger partial charge in [-0.3, -0.25) is 4.79 Å². The lowest BCUT2D eigenvalue weighted by molar-refractivity contribution is -0.148. The molecule has 0 radical (unpaired) electrons. The molecule has 0 aliphatic heterocycles. The summed E-state index contributed by atoms with van der Waals surface area (Å²) in [6.07, 6.45) is 4.29. The van der Waals surface area contributed by atoms with Crippen LogP contribution in [-0.4, -0.2) is 38.3 Å². The van der Waals surface area contributed by atoms with Gasteiger partial charge in [0.15, 0.2) is 11.6 Å². The molecule has 6 nitrogen and oxygen atoms in total. The predicted molar refractivity (Wildman–Crippen MR) is 190 cm³/mol. The molecule has 0 fully saturated rings. The minimum absolute atomic E-state index is 0.000568. The summed E-state index contributed by atoms with van der Waals surface area (Å²) in [6.45, 7) is 15.3. The van der Waals surface area contributed by atoms with Crippen LogP contribution in [0.1, 0.15) is 70.9 Å². The summed E-state index contributed by atoms with van der Waals surface area (Å²) in [5.41, 5.74) is 2.06. The van der Waals surface area contributed by atoms with Crippen LogP contribution in [0.25, 0.3) is 22.3 Å². The summed E-state index contributed by atoms with van der Waals surface area (Å²) >= 11 is 0. The minimum atomic E-state index is -1.63. The number of halogens is 2. The van der Waals surface area contributed by atoms with Crippen molar-refractivity contribution in [2.24, 2.45) is 5.92 Å². The van der Waals surface area contributed by atoms with E-state index in [1.165, 1.54) is 30.6 Å². The van der Waals surface area contributed by atoms with Crippen molar-refractivity contribution in [2.75, 3.05) is 13.2 Å². The van der Waals surface area contributed by atoms with Gasteiger partial charge >= 0.3 is 11.9 Å². The van der Waals surface area contributed by atoms with E-state index in [1.54, 1.807) is 32.0 Å². The number of unbranched alkanes of at least 4 members (excludes halogenated alkanes) is 3. The maximum absolute atomic E-state index is 16.0. The summed E-state index contributed by atoms with van der Waals surface area (Å²) in [6, 6.07) is 15.2. The Balaban J connectivity index is 2.07. The zero-order valence-electron chi connectivity index (χ0n) is 29.2. The molecule has 260 valence electrons. The van der Waals surface area contributed by atoms with E-state index < -0.39 is 31.6 Å². The number of esters is 2. The van der Waals surface area contributed by atoms with E-state index in [4.69, 9.17) is 19.3 Å². The van der Waals surface area contributed by atoms with E-state index in [0.29, 0.717) is 40.8 Å². The smallest absolute Gasteiger partial charge is 0.333 e. The van der Waals surface area contributed by atoms with Crippen molar-refractivity contribution < 1.29 is 37.7 Å². The van der Waals surface area contributed by atoms with Gasteiger partial charge in [-0.05, 0) is 49.4 Å². The summed E-state index contributed by atoms with van der Waals surface area (Å²) < 4.78 is 48.9. The zero-order valence-corrected chi connectivity index (χ0v) is 30.2. The standard InChI is InChI=1S/C39H50F2O6Si/c1-8-9-21-48(6,7)32-15-13-28(14-16-32)33-17-18-34(36(41)35(33)40)29-22-30(24-46-38(43)26(2)3)37(45-20-12-10-11-19-42)31(23-29)25-47-39(44)27(4)5/h13-18,22-23,27,42H,2,8-12,19-21,24-25H2,1,3-7H3. The summed E-state index contributed by atoms with van der Waals surface area (Å²) in [4.78, 5) is 24.7. The molecule has 0 bridgehead atoms. The van der Waals surface area contributed by atoms with Gasteiger partial charge in [-0.15, -0.1) is 0 Å². The maximum atomic E-state index is 16.0. The fraction of sp³-hybridized carbons (Fsp3) is 0.436. The van der Waals surface area contributed by atoms with E-state index in [1.807, 2.05) is 24.3 Å². The van der Waals surface area contributed by atoms with Crippen LogP contribution in [-0.2, 0) is 32.3 Å². The Labute approximate surface area is 285 Å². The lowest BCUT2D eigenvalue weighted by Crippen LogP contribution is -2.40. The first kappa shape index (κ1) is 38.6. The summed E-state index contributed by atoms with van der Waals surface area (Å²) in [7, 11) is -1.63. The zero-order chi connectivity index (χ0) is 35.4. The molecule has 0 unspecified atom stereocenters. The molecule has 0 spiro atoms. The van der Waals surface area contributed by atoms with Crippen LogP contribution >= 0.6 is 0 Å². The topological polar surface area (TPSA) is 82.1 Å². The predicted octanol–water partition coefficient (Wildman–Crippen LogP) is 8.87. The Hall–Kier alpha value is -3.82. The lowest BCUT2D eigenvalue weighted by atomic mass is 9.95. The Morgan fingerprint density at radius 2 is 1.44 bits per heavy atom. The molecule has 1 N–H and O–H groups in total. The van der Waals surface area contributed by atoms with Gasteiger partial charge in [0, 0.05) is 34.4 Å². The number of hydrogen-bond donors (Lipinski definition) is 1. The maximum Gasteiger partial charge on any atom is 0.333 e. The fourth-order valence-corrected chi connectivity index (χ4v) is 7.91. The molecule has 3 aromatic carbocycles. The third-order valence-corrected chi connectivity index (χ3v) is 11.9. The first-order valence-electron chi connectivity index (χ1n) is 16.8. The van der Waals surface area contributed by atoms with Crippen LogP contribution in [0.2, 0.25) is 19.1 Å². The SMILES string of the molecule is C=C(C)C(=O)OCc1cc(-c2ccc(-c3ccc([Si](C)(C)CCCC)cc3)c(F)c2F)cc(COC(=O)C(C)C)c1OCCCCCO. The average Bonchev–Trinajstić information content (AvgIpc) is 3.06. The molecule has 3 rings (SSSR count). The molecule has 0 aromatic heterocycles. The van der Waals surface area contributed by atoms with Gasteiger partial charge in [-0.2, -0.15) is 0 Å². The van der Waals surface area contributed by atoms with Crippen molar-refractivity contribution in [3.05, 3.63) is 83.4 Å². The molecule has 0 saturated carbocycles. The van der Waals surface area contributed by atoms with Crippen LogP contribution in [0.3, 0.4) is 0 Å².